The Balaban J connectivity index is 1.27. The summed E-state index contributed by atoms with van der Waals surface area (Å²) in [5.41, 5.74) is 2.00. The van der Waals surface area contributed by atoms with Crippen LogP contribution in [0.5, 0.6) is 0 Å². The van der Waals surface area contributed by atoms with Crippen LogP contribution in [-0.4, -0.2) is 40.7 Å². The number of rotatable bonds is 9. The molecule has 3 rings (SSSR count). The molecule has 27 heavy (non-hydrogen) atoms. The first-order chi connectivity index (χ1) is 13.2. The van der Waals surface area contributed by atoms with Crippen molar-refractivity contribution in [1.82, 2.24) is 15.2 Å². The Morgan fingerprint density at radius 1 is 1.33 bits per heavy atom. The van der Waals surface area contributed by atoms with Crippen molar-refractivity contribution in [3.05, 3.63) is 52.0 Å². The molecule has 1 N–H and O–H groups in total. The summed E-state index contributed by atoms with van der Waals surface area (Å²) in [4.78, 5) is 29.8. The zero-order valence-electron chi connectivity index (χ0n) is 15.1. The van der Waals surface area contributed by atoms with Crippen LogP contribution in [0.2, 0.25) is 0 Å². The van der Waals surface area contributed by atoms with Crippen LogP contribution in [0.1, 0.15) is 29.1 Å². The van der Waals surface area contributed by atoms with E-state index in [1.165, 1.54) is 0 Å². The number of nitrogens with zero attached hydrogens (tertiary/aromatic N) is 2. The number of amides is 2. The number of likely N-dealkylation sites (tertiary alicyclic amines) is 1. The fraction of sp³-hybridized carbons (Fsp3) is 0.421. The van der Waals surface area contributed by atoms with Crippen molar-refractivity contribution in [1.29, 1.82) is 0 Å². The number of thioether (sulfide) groups is 1. The highest BCUT2D eigenvalue weighted by molar-refractivity contribution is 7.98. The summed E-state index contributed by atoms with van der Waals surface area (Å²) in [7, 11) is 0. The summed E-state index contributed by atoms with van der Waals surface area (Å²) in [6.07, 6.45) is 1.22. The summed E-state index contributed by atoms with van der Waals surface area (Å²) in [5.74, 6) is 1.81. The van der Waals surface area contributed by atoms with E-state index in [9.17, 15) is 9.59 Å². The standard InChI is InChI=1S/C19H23N3O3S2/c23-18-7-4-9-22(18)11-17-21-16(14-27-17)13-26-10-8-20-19(24)25-12-15-5-2-1-3-6-15/h1-3,5-6,14H,4,7-13H2,(H,20,24). The SMILES string of the molecule is O=C(NCCSCc1csc(CN2CCCC2=O)n1)OCc1ccccc1. The van der Waals surface area contributed by atoms with E-state index < -0.39 is 6.09 Å². The van der Waals surface area contributed by atoms with Crippen LogP contribution < -0.4 is 5.32 Å². The number of aromatic nitrogens is 1. The van der Waals surface area contributed by atoms with E-state index in [0.717, 1.165) is 40.7 Å². The molecular formula is C19H23N3O3S2. The van der Waals surface area contributed by atoms with E-state index in [2.05, 4.69) is 10.3 Å². The van der Waals surface area contributed by atoms with E-state index in [4.69, 9.17) is 4.74 Å². The molecule has 1 aliphatic rings. The van der Waals surface area contributed by atoms with Crippen LogP contribution in [0.4, 0.5) is 4.79 Å². The maximum atomic E-state index is 11.7. The Morgan fingerprint density at radius 3 is 2.96 bits per heavy atom. The number of nitrogens with one attached hydrogen (secondary N) is 1. The maximum absolute atomic E-state index is 11.7. The first kappa shape index (κ1) is 19.7. The number of carbonyl (C=O) groups is 2. The maximum Gasteiger partial charge on any atom is 0.407 e. The second kappa shape index (κ2) is 10.3. The highest BCUT2D eigenvalue weighted by Crippen LogP contribution is 2.19. The van der Waals surface area contributed by atoms with Gasteiger partial charge in [-0.15, -0.1) is 11.3 Å². The van der Waals surface area contributed by atoms with Gasteiger partial charge in [-0.1, -0.05) is 30.3 Å². The number of benzene rings is 1. The summed E-state index contributed by atoms with van der Waals surface area (Å²) in [6, 6.07) is 9.61. The summed E-state index contributed by atoms with van der Waals surface area (Å²) >= 11 is 3.32. The number of thiazole rings is 1. The second-order valence-corrected chi connectivity index (χ2v) is 8.24. The topological polar surface area (TPSA) is 71.5 Å². The first-order valence-electron chi connectivity index (χ1n) is 8.94. The fourth-order valence-corrected chi connectivity index (χ4v) is 4.36. The minimum absolute atomic E-state index is 0.228. The van der Waals surface area contributed by atoms with Gasteiger partial charge in [-0.25, -0.2) is 9.78 Å². The van der Waals surface area contributed by atoms with Gasteiger partial charge in [0.2, 0.25) is 5.91 Å². The molecule has 2 heterocycles. The summed E-state index contributed by atoms with van der Waals surface area (Å²) in [5, 5.41) is 5.79. The lowest BCUT2D eigenvalue weighted by molar-refractivity contribution is -0.128. The number of alkyl carbamates (subject to hydrolysis) is 1. The van der Waals surface area contributed by atoms with E-state index in [0.29, 0.717) is 19.5 Å². The molecule has 1 aromatic heterocycles. The van der Waals surface area contributed by atoms with Crippen LogP contribution in [0.15, 0.2) is 35.7 Å². The van der Waals surface area contributed by atoms with Crippen molar-refractivity contribution in [3.63, 3.8) is 0 Å². The molecule has 0 saturated carbocycles. The van der Waals surface area contributed by atoms with Gasteiger partial charge in [0.1, 0.15) is 11.6 Å². The number of carbonyl (C=O) groups excluding carboxylic acids is 2. The molecule has 0 aliphatic carbocycles. The van der Waals surface area contributed by atoms with Gasteiger partial charge < -0.3 is 15.0 Å². The Bertz CT molecular complexity index is 752. The monoisotopic (exact) mass is 405 g/mol. The third-order valence-corrected chi connectivity index (χ3v) is 5.95. The van der Waals surface area contributed by atoms with Gasteiger partial charge >= 0.3 is 6.09 Å². The van der Waals surface area contributed by atoms with Gasteiger partial charge in [0.25, 0.3) is 0 Å². The van der Waals surface area contributed by atoms with Crippen LogP contribution in [-0.2, 0) is 28.4 Å². The quantitative estimate of drug-likeness (QED) is 0.647. The normalized spacial score (nSPS) is 13.8. The Hall–Kier alpha value is -2.06. The number of ether oxygens (including phenoxy) is 1. The van der Waals surface area contributed by atoms with Gasteiger partial charge in [-0.05, 0) is 12.0 Å². The van der Waals surface area contributed by atoms with Crippen LogP contribution in [0.3, 0.4) is 0 Å². The van der Waals surface area contributed by atoms with Crippen molar-refractivity contribution in [2.45, 2.75) is 31.7 Å². The largest absolute Gasteiger partial charge is 0.445 e. The van der Waals surface area contributed by atoms with Crippen LogP contribution in [0.25, 0.3) is 0 Å². The smallest absolute Gasteiger partial charge is 0.407 e. The molecule has 6 nitrogen and oxygen atoms in total. The van der Waals surface area contributed by atoms with Gasteiger partial charge in [0.05, 0.1) is 12.2 Å². The van der Waals surface area contributed by atoms with Gasteiger partial charge in [0, 0.05) is 36.4 Å². The fourth-order valence-electron chi connectivity index (χ4n) is 2.70. The highest BCUT2D eigenvalue weighted by atomic mass is 32.2. The van der Waals surface area contributed by atoms with Crippen molar-refractivity contribution >= 4 is 35.1 Å². The van der Waals surface area contributed by atoms with Crippen LogP contribution in [0, 0.1) is 0 Å². The molecular weight excluding hydrogens is 382 g/mol. The molecule has 1 fully saturated rings. The van der Waals surface area contributed by atoms with E-state index >= 15 is 0 Å². The molecule has 8 heteroatoms. The second-order valence-electron chi connectivity index (χ2n) is 6.19. The zero-order valence-corrected chi connectivity index (χ0v) is 16.7. The highest BCUT2D eigenvalue weighted by Gasteiger charge is 2.21. The lowest BCUT2D eigenvalue weighted by Gasteiger charge is -2.12. The minimum atomic E-state index is -0.398. The molecule has 0 bridgehead atoms. The van der Waals surface area contributed by atoms with E-state index in [1.807, 2.05) is 40.6 Å². The molecule has 2 amide bonds. The van der Waals surface area contributed by atoms with E-state index in [-0.39, 0.29) is 12.5 Å². The number of hydrogen-bond acceptors (Lipinski definition) is 6. The minimum Gasteiger partial charge on any atom is -0.445 e. The molecule has 0 radical (unpaired) electrons. The van der Waals surface area contributed by atoms with Gasteiger partial charge in [-0.3, -0.25) is 4.79 Å². The summed E-state index contributed by atoms with van der Waals surface area (Å²) in [6.45, 7) is 2.30. The molecule has 144 valence electrons. The predicted octanol–water partition coefficient (Wildman–Crippen LogP) is 3.43. The van der Waals surface area contributed by atoms with Crippen LogP contribution >= 0.6 is 23.1 Å². The Labute approximate surface area is 167 Å². The molecule has 0 unspecified atom stereocenters. The molecule has 0 atom stereocenters. The van der Waals surface area contributed by atoms with Gasteiger partial charge in [0.15, 0.2) is 0 Å². The number of hydrogen-bond donors (Lipinski definition) is 1. The zero-order chi connectivity index (χ0) is 18.9. The molecule has 1 aromatic carbocycles. The molecule has 1 aliphatic heterocycles. The Kier molecular flexibility index (Phi) is 7.53. The average molecular weight is 406 g/mol. The van der Waals surface area contributed by atoms with Crippen molar-refractivity contribution in [3.8, 4) is 0 Å². The Morgan fingerprint density at radius 2 is 2.19 bits per heavy atom. The first-order valence-corrected chi connectivity index (χ1v) is 11.0. The average Bonchev–Trinajstić information content (AvgIpc) is 3.30. The molecule has 0 spiro atoms. The third kappa shape index (κ3) is 6.55. The summed E-state index contributed by atoms with van der Waals surface area (Å²) < 4.78 is 5.17. The third-order valence-electron chi connectivity index (χ3n) is 4.08. The van der Waals surface area contributed by atoms with Crippen molar-refractivity contribution in [2.75, 3.05) is 18.8 Å². The predicted molar refractivity (Wildman–Crippen MR) is 108 cm³/mol. The lowest BCUT2D eigenvalue weighted by atomic mass is 10.2. The molecule has 2 aromatic rings. The molecule has 1 saturated heterocycles. The lowest BCUT2D eigenvalue weighted by Crippen LogP contribution is -2.26. The van der Waals surface area contributed by atoms with Crippen molar-refractivity contribution < 1.29 is 14.3 Å². The van der Waals surface area contributed by atoms with E-state index in [1.54, 1.807) is 23.1 Å². The van der Waals surface area contributed by atoms with Gasteiger partial charge in [-0.2, -0.15) is 11.8 Å². The van der Waals surface area contributed by atoms with Crippen molar-refractivity contribution in [2.24, 2.45) is 0 Å².